The number of hydrogen-bond acceptors (Lipinski definition) is 5. The highest BCUT2D eigenvalue weighted by molar-refractivity contribution is 5.85. The first-order valence-corrected chi connectivity index (χ1v) is 6.56. The zero-order valence-electron chi connectivity index (χ0n) is 11.9. The van der Waals surface area contributed by atoms with Crippen molar-refractivity contribution in [3.63, 3.8) is 0 Å². The minimum absolute atomic E-state index is 0. The first-order valence-electron chi connectivity index (χ1n) is 6.56. The average Bonchev–Trinajstić information content (AvgIpc) is 2.43. The van der Waals surface area contributed by atoms with E-state index in [1.165, 1.54) is 6.07 Å². The summed E-state index contributed by atoms with van der Waals surface area (Å²) in [5.41, 5.74) is 6.11. The van der Waals surface area contributed by atoms with Crippen LogP contribution in [-0.2, 0) is 4.79 Å². The van der Waals surface area contributed by atoms with Gasteiger partial charge in [0.25, 0.3) is 5.69 Å². The standard InChI is InChI=1S/C13H20N4O3.ClH/c1-2-5-10(14)13(18)16-9-8-15-11-6-3-4-7-12(11)17(19)20;/h3-4,6-7,10,15H,2,5,8-9,14H2,1H3,(H,16,18);1H. The van der Waals surface area contributed by atoms with E-state index in [1.807, 2.05) is 6.92 Å². The Kier molecular flexibility index (Phi) is 9.07. The third kappa shape index (κ3) is 6.42. The average molecular weight is 317 g/mol. The summed E-state index contributed by atoms with van der Waals surface area (Å²) in [4.78, 5) is 21.9. The lowest BCUT2D eigenvalue weighted by Gasteiger charge is -2.12. The normalized spacial score (nSPS) is 11.1. The van der Waals surface area contributed by atoms with Gasteiger partial charge in [0.15, 0.2) is 0 Å². The minimum Gasteiger partial charge on any atom is -0.378 e. The highest BCUT2D eigenvalue weighted by Crippen LogP contribution is 2.22. The highest BCUT2D eigenvalue weighted by Gasteiger charge is 2.13. The number of nitro groups is 1. The maximum absolute atomic E-state index is 11.5. The predicted octanol–water partition coefficient (Wildman–Crippen LogP) is 1.67. The maximum Gasteiger partial charge on any atom is 0.292 e. The number of anilines is 1. The van der Waals surface area contributed by atoms with Gasteiger partial charge in [0.05, 0.1) is 11.0 Å². The molecule has 1 amide bonds. The summed E-state index contributed by atoms with van der Waals surface area (Å²) in [7, 11) is 0. The number of carbonyl (C=O) groups is 1. The molecule has 0 saturated heterocycles. The summed E-state index contributed by atoms with van der Waals surface area (Å²) in [6, 6.07) is 5.88. The number of para-hydroxylation sites is 2. The highest BCUT2D eigenvalue weighted by atomic mass is 35.5. The molecular weight excluding hydrogens is 296 g/mol. The molecule has 0 aromatic heterocycles. The first kappa shape index (κ1) is 19.1. The molecule has 4 N–H and O–H groups in total. The van der Waals surface area contributed by atoms with Crippen molar-refractivity contribution in [3.05, 3.63) is 34.4 Å². The van der Waals surface area contributed by atoms with E-state index < -0.39 is 11.0 Å². The lowest BCUT2D eigenvalue weighted by Crippen LogP contribution is -2.42. The molecule has 1 aromatic carbocycles. The SMILES string of the molecule is CCCC(N)C(=O)NCCNc1ccccc1[N+](=O)[O-].Cl. The summed E-state index contributed by atoms with van der Waals surface area (Å²) < 4.78 is 0. The van der Waals surface area contributed by atoms with Crippen molar-refractivity contribution in [1.82, 2.24) is 5.32 Å². The van der Waals surface area contributed by atoms with E-state index in [2.05, 4.69) is 10.6 Å². The molecule has 1 unspecified atom stereocenters. The van der Waals surface area contributed by atoms with Crippen LogP contribution in [0.15, 0.2) is 24.3 Å². The van der Waals surface area contributed by atoms with Crippen LogP contribution in [0.1, 0.15) is 19.8 Å². The van der Waals surface area contributed by atoms with E-state index in [9.17, 15) is 14.9 Å². The van der Waals surface area contributed by atoms with Crippen LogP contribution in [-0.4, -0.2) is 30.0 Å². The number of hydrogen-bond donors (Lipinski definition) is 3. The molecule has 118 valence electrons. The number of nitrogens with zero attached hydrogens (tertiary/aromatic N) is 1. The molecule has 21 heavy (non-hydrogen) atoms. The quantitative estimate of drug-likeness (QED) is 0.384. The Morgan fingerprint density at radius 1 is 1.38 bits per heavy atom. The number of benzene rings is 1. The molecule has 0 aliphatic carbocycles. The smallest absolute Gasteiger partial charge is 0.292 e. The van der Waals surface area contributed by atoms with Gasteiger partial charge >= 0.3 is 0 Å². The number of nitro benzene ring substituents is 1. The molecule has 0 saturated carbocycles. The molecule has 1 rings (SSSR count). The second-order valence-corrected chi connectivity index (χ2v) is 4.39. The van der Waals surface area contributed by atoms with Crippen LogP contribution in [0, 0.1) is 10.1 Å². The molecule has 0 heterocycles. The monoisotopic (exact) mass is 316 g/mol. The van der Waals surface area contributed by atoms with Crippen LogP contribution in [0.3, 0.4) is 0 Å². The molecule has 0 aliphatic rings. The number of nitrogens with one attached hydrogen (secondary N) is 2. The molecule has 0 bridgehead atoms. The number of carbonyl (C=O) groups excluding carboxylic acids is 1. The van der Waals surface area contributed by atoms with E-state index in [4.69, 9.17) is 5.73 Å². The molecule has 0 spiro atoms. The van der Waals surface area contributed by atoms with Crippen LogP contribution < -0.4 is 16.4 Å². The number of rotatable bonds is 8. The van der Waals surface area contributed by atoms with Gasteiger partial charge < -0.3 is 16.4 Å². The third-order valence-electron chi connectivity index (χ3n) is 2.78. The van der Waals surface area contributed by atoms with Gasteiger partial charge in [0.1, 0.15) is 5.69 Å². The Balaban J connectivity index is 0.00000400. The van der Waals surface area contributed by atoms with Gasteiger partial charge in [0.2, 0.25) is 5.91 Å². The van der Waals surface area contributed by atoms with Gasteiger partial charge in [0, 0.05) is 19.2 Å². The van der Waals surface area contributed by atoms with E-state index in [0.717, 1.165) is 6.42 Å². The molecule has 0 aliphatic heterocycles. The second kappa shape index (κ2) is 9.95. The summed E-state index contributed by atoms with van der Waals surface area (Å²) in [6.07, 6.45) is 1.49. The third-order valence-corrected chi connectivity index (χ3v) is 2.78. The number of halogens is 1. The molecule has 7 nitrogen and oxygen atoms in total. The minimum atomic E-state index is -0.494. The Hall–Kier alpha value is -1.86. The Morgan fingerprint density at radius 3 is 2.67 bits per heavy atom. The topological polar surface area (TPSA) is 110 Å². The summed E-state index contributed by atoms with van der Waals surface area (Å²) in [5, 5.41) is 16.4. The molecule has 0 fully saturated rings. The van der Waals surface area contributed by atoms with Crippen molar-refractivity contribution in [2.24, 2.45) is 5.73 Å². The Morgan fingerprint density at radius 2 is 2.05 bits per heavy atom. The zero-order valence-corrected chi connectivity index (χ0v) is 12.7. The van der Waals surface area contributed by atoms with Gasteiger partial charge in [-0.3, -0.25) is 14.9 Å². The van der Waals surface area contributed by atoms with Gasteiger partial charge in [-0.25, -0.2) is 0 Å². The van der Waals surface area contributed by atoms with Crippen LogP contribution in [0.5, 0.6) is 0 Å². The second-order valence-electron chi connectivity index (χ2n) is 4.39. The van der Waals surface area contributed by atoms with Crippen LogP contribution in [0.4, 0.5) is 11.4 Å². The number of nitrogens with two attached hydrogens (primary N) is 1. The molecule has 1 aromatic rings. The zero-order chi connectivity index (χ0) is 15.0. The summed E-state index contributed by atoms with van der Waals surface area (Å²) in [6.45, 7) is 2.72. The predicted molar refractivity (Wildman–Crippen MR) is 84.7 cm³/mol. The summed E-state index contributed by atoms with van der Waals surface area (Å²) >= 11 is 0. The molecule has 1 atom stereocenters. The molecular formula is C13H21ClN4O3. The fourth-order valence-electron chi connectivity index (χ4n) is 1.74. The summed E-state index contributed by atoms with van der Waals surface area (Å²) in [5.74, 6) is -0.198. The fourth-order valence-corrected chi connectivity index (χ4v) is 1.74. The Labute approximate surface area is 129 Å². The van der Waals surface area contributed by atoms with Crippen molar-refractivity contribution in [2.75, 3.05) is 18.4 Å². The lowest BCUT2D eigenvalue weighted by molar-refractivity contribution is -0.384. The van der Waals surface area contributed by atoms with Gasteiger partial charge in [-0.15, -0.1) is 12.4 Å². The van der Waals surface area contributed by atoms with Crippen molar-refractivity contribution in [2.45, 2.75) is 25.8 Å². The first-order chi connectivity index (χ1) is 9.56. The molecule has 8 heteroatoms. The van der Waals surface area contributed by atoms with Crippen LogP contribution in [0.2, 0.25) is 0 Å². The number of amides is 1. The van der Waals surface area contributed by atoms with Crippen LogP contribution in [0.25, 0.3) is 0 Å². The van der Waals surface area contributed by atoms with Gasteiger partial charge in [-0.1, -0.05) is 25.5 Å². The van der Waals surface area contributed by atoms with Gasteiger partial charge in [-0.05, 0) is 12.5 Å². The Bertz CT molecular complexity index is 470. The van der Waals surface area contributed by atoms with E-state index >= 15 is 0 Å². The van der Waals surface area contributed by atoms with Crippen molar-refractivity contribution >= 4 is 29.7 Å². The van der Waals surface area contributed by atoms with Crippen molar-refractivity contribution in [3.8, 4) is 0 Å². The van der Waals surface area contributed by atoms with Crippen molar-refractivity contribution < 1.29 is 9.72 Å². The molecule has 0 radical (unpaired) electrons. The van der Waals surface area contributed by atoms with Gasteiger partial charge in [-0.2, -0.15) is 0 Å². The van der Waals surface area contributed by atoms with Crippen molar-refractivity contribution in [1.29, 1.82) is 0 Å². The van der Waals surface area contributed by atoms with Crippen LogP contribution >= 0.6 is 12.4 Å². The fraction of sp³-hybridized carbons (Fsp3) is 0.462. The maximum atomic E-state index is 11.5. The van der Waals surface area contributed by atoms with E-state index in [0.29, 0.717) is 25.2 Å². The largest absolute Gasteiger partial charge is 0.378 e. The van der Waals surface area contributed by atoms with E-state index in [-0.39, 0.29) is 24.0 Å². The lowest BCUT2D eigenvalue weighted by atomic mass is 10.2. The van der Waals surface area contributed by atoms with E-state index in [1.54, 1.807) is 18.2 Å².